The molecular weight excluding hydrogens is 462 g/mol. The lowest BCUT2D eigenvalue weighted by atomic mass is 9.81. The van der Waals surface area contributed by atoms with Crippen LogP contribution < -0.4 is 4.90 Å². The van der Waals surface area contributed by atoms with E-state index in [9.17, 15) is 14.4 Å². The van der Waals surface area contributed by atoms with E-state index in [1.165, 1.54) is 16.2 Å². The van der Waals surface area contributed by atoms with Gasteiger partial charge in [-0.2, -0.15) is 0 Å². The summed E-state index contributed by atoms with van der Waals surface area (Å²) in [5, 5.41) is 1.10. The van der Waals surface area contributed by atoms with E-state index in [0.717, 1.165) is 23.1 Å². The maximum Gasteiger partial charge on any atom is 0.235 e. The summed E-state index contributed by atoms with van der Waals surface area (Å²) in [7, 11) is 0. The minimum Gasteiger partial charge on any atom is -0.373 e. The van der Waals surface area contributed by atoms with Crippen molar-refractivity contribution >= 4 is 61.7 Å². The molecule has 33 heavy (non-hydrogen) atoms. The van der Waals surface area contributed by atoms with Crippen molar-refractivity contribution in [1.82, 2.24) is 9.88 Å². The molecule has 168 valence electrons. The first-order valence-corrected chi connectivity index (χ1v) is 12.2. The maximum absolute atomic E-state index is 13.4. The first-order valence-electron chi connectivity index (χ1n) is 11.0. The van der Waals surface area contributed by atoms with Gasteiger partial charge in [-0.3, -0.25) is 24.2 Å². The highest BCUT2D eigenvalue weighted by Gasteiger charge is 2.62. The van der Waals surface area contributed by atoms with Crippen LogP contribution in [0.2, 0.25) is 5.02 Å². The van der Waals surface area contributed by atoms with Gasteiger partial charge in [0.25, 0.3) is 0 Å². The van der Waals surface area contributed by atoms with Gasteiger partial charge >= 0.3 is 0 Å². The fraction of sp³-hybridized carbons (Fsp3) is 0.333. The molecule has 3 aliphatic rings. The van der Waals surface area contributed by atoms with E-state index < -0.39 is 0 Å². The standard InChI is InChI=1S/C24H20ClN3O4S/c25-13-5-7-14(8-6-13)28(24-26-15-3-1-2-4-18(15)33-24)19(29)11-12-27-22(30)20-16-9-10-17(32-16)21(20)23(27)31/h1-8,16-17,20-21H,9-12H2. The van der Waals surface area contributed by atoms with Crippen LogP contribution >= 0.6 is 22.9 Å². The Kier molecular flexibility index (Phi) is 4.97. The van der Waals surface area contributed by atoms with Crippen LogP contribution in [0, 0.1) is 11.8 Å². The maximum atomic E-state index is 13.4. The SMILES string of the molecule is O=C1C2C3CCC(O3)C2C(=O)N1CCC(=O)N(c1ccc(Cl)cc1)c1nc2ccccc2s1. The molecule has 1 aromatic heterocycles. The van der Waals surface area contributed by atoms with Gasteiger partial charge < -0.3 is 4.74 Å². The number of likely N-dealkylation sites (tertiary alicyclic amines) is 1. The fourth-order valence-electron chi connectivity index (χ4n) is 5.22. The van der Waals surface area contributed by atoms with Crippen LogP contribution in [0.25, 0.3) is 10.2 Å². The number of anilines is 2. The van der Waals surface area contributed by atoms with E-state index in [1.807, 2.05) is 24.3 Å². The lowest BCUT2D eigenvalue weighted by molar-refractivity contribution is -0.142. The molecule has 3 aromatic rings. The van der Waals surface area contributed by atoms with Gasteiger partial charge in [-0.15, -0.1) is 0 Å². The average Bonchev–Trinajstić information content (AvgIpc) is 3.57. The Hall–Kier alpha value is -2.81. The highest BCUT2D eigenvalue weighted by molar-refractivity contribution is 7.22. The molecule has 0 N–H and O–H groups in total. The summed E-state index contributed by atoms with van der Waals surface area (Å²) in [6.07, 6.45) is 1.32. The van der Waals surface area contributed by atoms with Gasteiger partial charge in [-0.1, -0.05) is 35.1 Å². The molecule has 0 spiro atoms. The van der Waals surface area contributed by atoms with Crippen LogP contribution in [0.1, 0.15) is 19.3 Å². The highest BCUT2D eigenvalue weighted by atomic mass is 35.5. The summed E-state index contributed by atoms with van der Waals surface area (Å²) in [6.45, 7) is 0.0535. The number of thiazole rings is 1. The van der Waals surface area contributed by atoms with E-state index in [0.29, 0.717) is 15.8 Å². The number of para-hydroxylation sites is 1. The number of aromatic nitrogens is 1. The zero-order valence-electron chi connectivity index (χ0n) is 17.5. The molecule has 4 heterocycles. The quantitative estimate of drug-likeness (QED) is 0.511. The molecule has 2 bridgehead atoms. The number of benzene rings is 2. The summed E-state index contributed by atoms with van der Waals surface area (Å²) >= 11 is 7.46. The number of carbonyl (C=O) groups is 3. The lowest BCUT2D eigenvalue weighted by Gasteiger charge is -2.22. The van der Waals surface area contributed by atoms with Crippen molar-refractivity contribution in [2.75, 3.05) is 11.4 Å². The normalized spacial score (nSPS) is 25.8. The van der Waals surface area contributed by atoms with Crippen molar-refractivity contribution in [2.24, 2.45) is 11.8 Å². The third-order valence-corrected chi connectivity index (χ3v) is 8.01. The summed E-state index contributed by atoms with van der Waals surface area (Å²) in [6, 6.07) is 14.6. The number of hydrogen-bond acceptors (Lipinski definition) is 6. The molecule has 7 nitrogen and oxygen atoms in total. The van der Waals surface area contributed by atoms with E-state index >= 15 is 0 Å². The van der Waals surface area contributed by atoms with Crippen molar-refractivity contribution < 1.29 is 19.1 Å². The number of rotatable bonds is 5. The van der Waals surface area contributed by atoms with Crippen LogP contribution in [-0.2, 0) is 19.1 Å². The van der Waals surface area contributed by atoms with Crippen molar-refractivity contribution in [3.63, 3.8) is 0 Å². The Balaban J connectivity index is 1.26. The molecule has 0 saturated carbocycles. The second-order valence-electron chi connectivity index (χ2n) is 8.59. The Morgan fingerprint density at radius 1 is 1.06 bits per heavy atom. The minimum atomic E-state index is -0.386. The molecule has 4 unspecified atom stereocenters. The molecule has 9 heteroatoms. The van der Waals surface area contributed by atoms with Crippen LogP contribution in [0.3, 0.4) is 0 Å². The van der Waals surface area contributed by atoms with Crippen molar-refractivity contribution in [1.29, 1.82) is 0 Å². The predicted molar refractivity (Wildman–Crippen MR) is 124 cm³/mol. The second kappa shape index (κ2) is 7.90. The van der Waals surface area contributed by atoms with Crippen molar-refractivity contribution in [2.45, 2.75) is 31.5 Å². The fourth-order valence-corrected chi connectivity index (χ4v) is 6.35. The second-order valence-corrected chi connectivity index (χ2v) is 10.0. The zero-order valence-corrected chi connectivity index (χ0v) is 19.1. The predicted octanol–water partition coefficient (Wildman–Crippen LogP) is 4.17. The van der Waals surface area contributed by atoms with Crippen LogP contribution in [-0.4, -0.2) is 46.4 Å². The molecule has 3 fully saturated rings. The Labute approximate surface area is 198 Å². The van der Waals surface area contributed by atoms with Gasteiger partial charge in [0.2, 0.25) is 17.7 Å². The summed E-state index contributed by atoms with van der Waals surface area (Å²) in [5.74, 6) is -1.43. The van der Waals surface area contributed by atoms with Gasteiger partial charge in [-0.05, 0) is 49.2 Å². The Morgan fingerprint density at radius 2 is 1.73 bits per heavy atom. The highest BCUT2D eigenvalue weighted by Crippen LogP contribution is 2.48. The molecule has 3 saturated heterocycles. The molecule has 0 aliphatic carbocycles. The van der Waals surface area contributed by atoms with Crippen LogP contribution in [0.5, 0.6) is 0 Å². The van der Waals surface area contributed by atoms with E-state index in [2.05, 4.69) is 4.98 Å². The lowest BCUT2D eigenvalue weighted by Crippen LogP contribution is -2.37. The smallest absolute Gasteiger partial charge is 0.235 e. The number of hydrogen-bond donors (Lipinski definition) is 0. The van der Waals surface area contributed by atoms with E-state index in [4.69, 9.17) is 16.3 Å². The molecular formula is C24H20ClN3O4S. The number of carbonyl (C=O) groups excluding carboxylic acids is 3. The number of fused-ring (bicyclic) bond motifs is 6. The molecule has 6 rings (SSSR count). The van der Waals surface area contributed by atoms with Crippen LogP contribution in [0.15, 0.2) is 48.5 Å². The summed E-state index contributed by atoms with van der Waals surface area (Å²) in [5.41, 5.74) is 1.43. The van der Waals surface area contributed by atoms with Gasteiger partial charge in [0, 0.05) is 18.0 Å². The number of amides is 3. The van der Waals surface area contributed by atoms with Crippen molar-refractivity contribution in [3.05, 3.63) is 53.6 Å². The molecule has 3 amide bonds. The monoisotopic (exact) mass is 481 g/mol. The minimum absolute atomic E-state index is 0.00562. The summed E-state index contributed by atoms with van der Waals surface area (Å²) < 4.78 is 6.75. The number of halogens is 1. The third-order valence-electron chi connectivity index (χ3n) is 6.73. The molecule has 0 radical (unpaired) electrons. The van der Waals surface area contributed by atoms with Crippen LogP contribution in [0.4, 0.5) is 10.8 Å². The van der Waals surface area contributed by atoms with Gasteiger partial charge in [0.1, 0.15) is 0 Å². The first kappa shape index (κ1) is 20.8. The third kappa shape index (κ3) is 3.36. The van der Waals surface area contributed by atoms with Crippen molar-refractivity contribution in [3.8, 4) is 0 Å². The Morgan fingerprint density at radius 3 is 2.39 bits per heavy atom. The van der Waals surface area contributed by atoms with E-state index in [-0.39, 0.29) is 54.7 Å². The zero-order chi connectivity index (χ0) is 22.7. The number of imide groups is 1. The largest absolute Gasteiger partial charge is 0.373 e. The topological polar surface area (TPSA) is 79.8 Å². The number of ether oxygens (including phenoxy) is 1. The average molecular weight is 482 g/mol. The van der Waals surface area contributed by atoms with Gasteiger partial charge in [0.15, 0.2) is 5.13 Å². The first-order chi connectivity index (χ1) is 16.0. The Bertz CT molecular complexity index is 1220. The van der Waals surface area contributed by atoms with Gasteiger partial charge in [-0.25, -0.2) is 4.98 Å². The molecule has 2 aromatic carbocycles. The van der Waals surface area contributed by atoms with Gasteiger partial charge in [0.05, 0.1) is 39.9 Å². The van der Waals surface area contributed by atoms with E-state index in [1.54, 1.807) is 29.2 Å². The molecule has 4 atom stereocenters. The number of nitrogens with zero attached hydrogens (tertiary/aromatic N) is 3. The summed E-state index contributed by atoms with van der Waals surface area (Å²) in [4.78, 5) is 46.8. The molecule has 3 aliphatic heterocycles.